The van der Waals surface area contributed by atoms with E-state index >= 15 is 0 Å². The van der Waals surface area contributed by atoms with Crippen LogP contribution in [0.15, 0.2) is 24.3 Å². The number of nitrogens with one attached hydrogen (secondary N) is 1. The standard InChI is InChI=1S/C16H20N2O3/c1-11(9-17)21-14(19)10-18-15(20)12-5-7-13(8-6-12)16(2,3)4/h5-8,11H,10H2,1-4H3,(H,18,20). The Labute approximate surface area is 124 Å². The van der Waals surface area contributed by atoms with Crippen molar-refractivity contribution in [2.24, 2.45) is 0 Å². The van der Waals surface area contributed by atoms with E-state index in [1.807, 2.05) is 12.1 Å². The number of nitriles is 1. The number of nitrogens with zero attached hydrogens (tertiary/aromatic N) is 1. The second-order valence-electron chi connectivity index (χ2n) is 5.77. The van der Waals surface area contributed by atoms with Gasteiger partial charge in [0, 0.05) is 5.56 Å². The lowest BCUT2D eigenvalue weighted by Crippen LogP contribution is -2.31. The highest BCUT2D eigenvalue weighted by atomic mass is 16.5. The molecule has 0 saturated heterocycles. The summed E-state index contributed by atoms with van der Waals surface area (Å²) in [6, 6.07) is 9.01. The number of rotatable bonds is 4. The van der Waals surface area contributed by atoms with E-state index in [4.69, 9.17) is 10.00 Å². The van der Waals surface area contributed by atoms with Crippen LogP contribution in [0.4, 0.5) is 0 Å². The SMILES string of the molecule is CC(C#N)OC(=O)CNC(=O)c1ccc(C(C)(C)C)cc1. The summed E-state index contributed by atoms with van der Waals surface area (Å²) in [5.74, 6) is -0.985. The third-order valence-corrected chi connectivity index (χ3v) is 2.90. The van der Waals surface area contributed by atoms with E-state index in [9.17, 15) is 9.59 Å². The van der Waals surface area contributed by atoms with Gasteiger partial charge in [0.2, 0.25) is 0 Å². The van der Waals surface area contributed by atoms with Crippen LogP contribution in [0.1, 0.15) is 43.6 Å². The molecule has 0 saturated carbocycles. The first-order valence-corrected chi connectivity index (χ1v) is 6.72. The van der Waals surface area contributed by atoms with Gasteiger partial charge in [-0.25, -0.2) is 0 Å². The fourth-order valence-corrected chi connectivity index (χ4v) is 1.64. The zero-order valence-corrected chi connectivity index (χ0v) is 12.8. The van der Waals surface area contributed by atoms with Crippen molar-refractivity contribution in [2.45, 2.75) is 39.2 Å². The first kappa shape index (κ1) is 16.7. The number of ether oxygens (including phenoxy) is 1. The molecular weight excluding hydrogens is 268 g/mol. The van der Waals surface area contributed by atoms with Crippen LogP contribution in [0, 0.1) is 11.3 Å². The molecule has 112 valence electrons. The molecular formula is C16H20N2O3. The Balaban J connectivity index is 2.57. The number of carbonyl (C=O) groups is 2. The highest BCUT2D eigenvalue weighted by Crippen LogP contribution is 2.22. The number of esters is 1. The van der Waals surface area contributed by atoms with E-state index in [2.05, 4.69) is 26.1 Å². The van der Waals surface area contributed by atoms with Crippen LogP contribution in [0.2, 0.25) is 0 Å². The molecule has 0 fully saturated rings. The monoisotopic (exact) mass is 288 g/mol. The largest absolute Gasteiger partial charge is 0.446 e. The van der Waals surface area contributed by atoms with Crippen LogP contribution < -0.4 is 5.32 Å². The van der Waals surface area contributed by atoms with Gasteiger partial charge in [-0.05, 0) is 30.0 Å². The van der Waals surface area contributed by atoms with E-state index in [0.29, 0.717) is 5.56 Å². The molecule has 1 amide bonds. The van der Waals surface area contributed by atoms with Gasteiger partial charge in [0.1, 0.15) is 12.6 Å². The fourth-order valence-electron chi connectivity index (χ4n) is 1.64. The molecule has 21 heavy (non-hydrogen) atoms. The predicted molar refractivity (Wildman–Crippen MR) is 78.6 cm³/mol. The van der Waals surface area contributed by atoms with Gasteiger partial charge in [-0.3, -0.25) is 9.59 Å². The molecule has 1 aromatic carbocycles. The smallest absolute Gasteiger partial charge is 0.326 e. The van der Waals surface area contributed by atoms with Gasteiger partial charge in [-0.15, -0.1) is 0 Å². The summed E-state index contributed by atoms with van der Waals surface area (Å²) in [6.45, 7) is 7.48. The Hall–Kier alpha value is -2.35. The Bertz CT molecular complexity index is 550. The van der Waals surface area contributed by atoms with Crippen molar-refractivity contribution in [3.05, 3.63) is 35.4 Å². The third kappa shape index (κ3) is 5.27. The summed E-state index contributed by atoms with van der Waals surface area (Å²) in [4.78, 5) is 23.2. The molecule has 0 aliphatic carbocycles. The minimum atomic E-state index is -0.819. The van der Waals surface area contributed by atoms with Gasteiger partial charge in [0.05, 0.1) is 0 Å². The van der Waals surface area contributed by atoms with E-state index < -0.39 is 12.1 Å². The maximum Gasteiger partial charge on any atom is 0.326 e. The topological polar surface area (TPSA) is 79.2 Å². The van der Waals surface area contributed by atoms with Gasteiger partial charge >= 0.3 is 5.97 Å². The van der Waals surface area contributed by atoms with Crippen molar-refractivity contribution >= 4 is 11.9 Å². The van der Waals surface area contributed by atoms with E-state index in [1.54, 1.807) is 18.2 Å². The van der Waals surface area contributed by atoms with Gasteiger partial charge in [-0.1, -0.05) is 32.9 Å². The second-order valence-corrected chi connectivity index (χ2v) is 5.77. The zero-order chi connectivity index (χ0) is 16.0. The maximum absolute atomic E-state index is 11.9. The first-order valence-electron chi connectivity index (χ1n) is 6.72. The van der Waals surface area contributed by atoms with Gasteiger partial charge in [-0.2, -0.15) is 5.26 Å². The van der Waals surface area contributed by atoms with Crippen LogP contribution in [-0.2, 0) is 14.9 Å². The predicted octanol–water partition coefficient (Wildman–Crippen LogP) is 2.17. The molecule has 5 heteroatoms. The normalized spacial score (nSPS) is 12.1. The molecule has 0 heterocycles. The fraction of sp³-hybridized carbons (Fsp3) is 0.438. The molecule has 0 aliphatic heterocycles. The Morgan fingerprint density at radius 1 is 1.29 bits per heavy atom. The highest BCUT2D eigenvalue weighted by Gasteiger charge is 2.15. The van der Waals surface area contributed by atoms with Gasteiger partial charge in [0.15, 0.2) is 6.10 Å². The third-order valence-electron chi connectivity index (χ3n) is 2.90. The van der Waals surface area contributed by atoms with Crippen LogP contribution in [0.5, 0.6) is 0 Å². The molecule has 0 spiro atoms. The maximum atomic E-state index is 11.9. The van der Waals surface area contributed by atoms with Crippen molar-refractivity contribution < 1.29 is 14.3 Å². The number of carbonyl (C=O) groups excluding carboxylic acids is 2. The van der Waals surface area contributed by atoms with Gasteiger partial charge < -0.3 is 10.1 Å². The molecule has 1 N–H and O–H groups in total. The summed E-state index contributed by atoms with van der Waals surface area (Å²) in [5, 5.41) is 11.0. The van der Waals surface area contributed by atoms with Crippen molar-refractivity contribution in [2.75, 3.05) is 6.54 Å². The number of benzene rings is 1. The zero-order valence-electron chi connectivity index (χ0n) is 12.8. The van der Waals surface area contributed by atoms with Crippen LogP contribution >= 0.6 is 0 Å². The number of hydrogen-bond donors (Lipinski definition) is 1. The first-order chi connectivity index (χ1) is 9.74. The molecule has 0 aliphatic rings. The van der Waals surface area contributed by atoms with Crippen LogP contribution in [0.25, 0.3) is 0 Å². The number of amides is 1. The Morgan fingerprint density at radius 3 is 2.33 bits per heavy atom. The second kappa shape index (κ2) is 6.89. The lowest BCUT2D eigenvalue weighted by Gasteiger charge is -2.19. The summed E-state index contributed by atoms with van der Waals surface area (Å²) < 4.78 is 4.73. The number of hydrogen-bond acceptors (Lipinski definition) is 4. The van der Waals surface area contributed by atoms with E-state index in [0.717, 1.165) is 5.56 Å². The molecule has 0 bridgehead atoms. The lowest BCUT2D eigenvalue weighted by atomic mass is 9.87. The van der Waals surface area contributed by atoms with Gasteiger partial charge in [0.25, 0.3) is 5.91 Å². The lowest BCUT2D eigenvalue weighted by molar-refractivity contribution is -0.144. The molecule has 1 aromatic rings. The molecule has 0 aromatic heterocycles. The van der Waals surface area contributed by atoms with E-state index in [1.165, 1.54) is 6.92 Å². The molecule has 1 unspecified atom stereocenters. The minimum Gasteiger partial charge on any atom is -0.446 e. The van der Waals surface area contributed by atoms with Crippen LogP contribution in [0.3, 0.4) is 0 Å². The highest BCUT2D eigenvalue weighted by molar-refractivity contribution is 5.95. The van der Waals surface area contributed by atoms with E-state index in [-0.39, 0.29) is 17.9 Å². The summed E-state index contributed by atoms with van der Waals surface area (Å²) >= 11 is 0. The molecule has 0 radical (unpaired) electrons. The summed E-state index contributed by atoms with van der Waals surface area (Å²) in [7, 11) is 0. The average Bonchev–Trinajstić information content (AvgIpc) is 2.43. The summed E-state index contributed by atoms with van der Waals surface area (Å²) in [5.41, 5.74) is 1.62. The molecule has 5 nitrogen and oxygen atoms in total. The van der Waals surface area contributed by atoms with Crippen molar-refractivity contribution in [3.8, 4) is 6.07 Å². The van der Waals surface area contributed by atoms with Crippen molar-refractivity contribution in [1.29, 1.82) is 5.26 Å². The quantitative estimate of drug-likeness (QED) is 0.861. The Morgan fingerprint density at radius 2 is 1.86 bits per heavy atom. The summed E-state index contributed by atoms with van der Waals surface area (Å²) in [6.07, 6.45) is -0.819. The Kier molecular flexibility index (Phi) is 5.48. The molecule has 1 atom stereocenters. The van der Waals surface area contributed by atoms with Crippen molar-refractivity contribution in [3.63, 3.8) is 0 Å². The average molecular weight is 288 g/mol. The van der Waals surface area contributed by atoms with Crippen molar-refractivity contribution in [1.82, 2.24) is 5.32 Å². The minimum absolute atomic E-state index is 0.0201. The molecule has 1 rings (SSSR count). The van der Waals surface area contributed by atoms with Crippen LogP contribution in [-0.4, -0.2) is 24.5 Å².